The highest BCUT2D eigenvalue weighted by Gasteiger charge is 2.30. The van der Waals surface area contributed by atoms with Gasteiger partial charge in [-0.1, -0.05) is 12.1 Å². The van der Waals surface area contributed by atoms with Gasteiger partial charge in [0.1, 0.15) is 5.82 Å². The summed E-state index contributed by atoms with van der Waals surface area (Å²) in [6.07, 6.45) is 0.292. The molecule has 7 heteroatoms. The Morgan fingerprint density at radius 1 is 1.36 bits per heavy atom. The molecule has 1 aliphatic rings. The number of halogens is 1. The second-order valence-corrected chi connectivity index (χ2v) is 6.45. The molecule has 120 valence electrons. The average Bonchev–Trinajstić information content (AvgIpc) is 2.97. The van der Waals surface area contributed by atoms with Crippen molar-refractivity contribution in [2.45, 2.75) is 17.8 Å². The molecule has 0 bridgehead atoms. The van der Waals surface area contributed by atoms with Crippen LogP contribution in [0.25, 0.3) is 0 Å². The van der Waals surface area contributed by atoms with Crippen LogP contribution in [0, 0.1) is 5.82 Å². The monoisotopic (exact) mass is 325 g/mol. The van der Waals surface area contributed by atoms with Crippen molar-refractivity contribution in [1.29, 1.82) is 0 Å². The summed E-state index contributed by atoms with van der Waals surface area (Å²) in [5.74, 6) is 0.253. The predicted octanol–water partition coefficient (Wildman–Crippen LogP) is 1.12. The first-order valence-electron chi connectivity index (χ1n) is 7.08. The number of hydrogen-bond acceptors (Lipinski definition) is 4. The Bertz CT molecular complexity index is 536. The zero-order chi connectivity index (χ0) is 16.1. The maximum absolute atomic E-state index is 12.9. The third-order valence-corrected chi connectivity index (χ3v) is 4.68. The molecule has 2 rings (SSSR count). The Hall–Kier alpha value is -1.60. The highest BCUT2D eigenvalue weighted by molar-refractivity contribution is 7.99. The minimum absolute atomic E-state index is 0.0141. The number of nitrogens with zero attached hydrogens (tertiary/aromatic N) is 1. The summed E-state index contributed by atoms with van der Waals surface area (Å²) >= 11 is 1.61. The van der Waals surface area contributed by atoms with E-state index in [4.69, 9.17) is 0 Å². The molecule has 2 unspecified atom stereocenters. The summed E-state index contributed by atoms with van der Waals surface area (Å²) in [5.41, 5.74) is 0.949. The Kier molecular flexibility index (Phi) is 5.79. The number of benzene rings is 1. The van der Waals surface area contributed by atoms with Gasteiger partial charge in [-0.15, -0.1) is 11.8 Å². The lowest BCUT2D eigenvalue weighted by Crippen LogP contribution is -2.43. The van der Waals surface area contributed by atoms with E-state index < -0.39 is 0 Å². The van der Waals surface area contributed by atoms with E-state index in [1.54, 1.807) is 38.0 Å². The third-order valence-electron chi connectivity index (χ3n) is 3.41. The minimum atomic E-state index is -0.297. The second-order valence-electron chi connectivity index (χ2n) is 5.31. The van der Waals surface area contributed by atoms with Crippen LogP contribution in [-0.4, -0.2) is 49.1 Å². The number of nitrogens with one attached hydrogen (secondary N) is 2. The molecule has 1 aromatic carbocycles. The topological polar surface area (TPSA) is 61.4 Å². The molecule has 0 aliphatic carbocycles. The van der Waals surface area contributed by atoms with Crippen molar-refractivity contribution in [3.05, 3.63) is 35.6 Å². The summed E-state index contributed by atoms with van der Waals surface area (Å²) in [7, 11) is 3.37. The number of thioether (sulfide) groups is 1. The van der Waals surface area contributed by atoms with Crippen molar-refractivity contribution in [2.24, 2.45) is 0 Å². The van der Waals surface area contributed by atoms with Crippen LogP contribution < -0.4 is 10.6 Å². The molecule has 0 aromatic heterocycles. The predicted molar refractivity (Wildman–Crippen MR) is 84.8 cm³/mol. The van der Waals surface area contributed by atoms with Crippen LogP contribution >= 0.6 is 11.8 Å². The van der Waals surface area contributed by atoms with Crippen molar-refractivity contribution in [3.63, 3.8) is 0 Å². The summed E-state index contributed by atoms with van der Waals surface area (Å²) in [5, 5.41) is 5.98. The summed E-state index contributed by atoms with van der Waals surface area (Å²) in [6, 6.07) is 5.97. The van der Waals surface area contributed by atoms with Crippen LogP contribution in [0.4, 0.5) is 4.39 Å². The molecule has 1 aromatic rings. The maximum atomic E-state index is 12.9. The lowest BCUT2D eigenvalue weighted by Gasteiger charge is -2.14. The molecule has 0 spiro atoms. The van der Waals surface area contributed by atoms with E-state index in [2.05, 4.69) is 10.6 Å². The minimum Gasteiger partial charge on any atom is -0.354 e. The zero-order valence-electron chi connectivity index (χ0n) is 12.6. The fraction of sp³-hybridized carbons (Fsp3) is 0.467. The summed E-state index contributed by atoms with van der Waals surface area (Å²) in [4.78, 5) is 25.0. The highest BCUT2D eigenvalue weighted by atomic mass is 32.2. The lowest BCUT2D eigenvalue weighted by molar-refractivity contribution is -0.128. The molecule has 2 amide bonds. The average molecular weight is 325 g/mol. The number of rotatable bonds is 5. The first kappa shape index (κ1) is 16.8. The van der Waals surface area contributed by atoms with Crippen LogP contribution in [0.5, 0.6) is 0 Å². The number of hydrogen-bond donors (Lipinski definition) is 2. The normalized spacial score (nSPS) is 20.7. The van der Waals surface area contributed by atoms with Crippen LogP contribution in [0.3, 0.4) is 0 Å². The van der Waals surface area contributed by atoms with Gasteiger partial charge in [0.25, 0.3) is 0 Å². The van der Waals surface area contributed by atoms with Gasteiger partial charge in [0, 0.05) is 32.8 Å². The Labute approximate surface area is 133 Å². The molecule has 2 atom stereocenters. The van der Waals surface area contributed by atoms with E-state index in [0.29, 0.717) is 18.7 Å². The van der Waals surface area contributed by atoms with Gasteiger partial charge in [0.2, 0.25) is 11.8 Å². The Balaban J connectivity index is 1.78. The van der Waals surface area contributed by atoms with Crippen molar-refractivity contribution >= 4 is 23.6 Å². The lowest BCUT2D eigenvalue weighted by atomic mass is 10.2. The van der Waals surface area contributed by atoms with Crippen molar-refractivity contribution < 1.29 is 14.0 Å². The standard InChI is InChI=1S/C15H20FN3O2S/c1-19(2)13(20)7-8-17-14(21)12-9-22-15(18-12)10-3-5-11(16)6-4-10/h3-6,12,15,18H,7-9H2,1-2H3,(H,17,21). The van der Waals surface area contributed by atoms with E-state index in [-0.39, 0.29) is 29.0 Å². The molecule has 1 aliphatic heterocycles. The number of carbonyl (C=O) groups is 2. The Morgan fingerprint density at radius 3 is 2.68 bits per heavy atom. The van der Waals surface area contributed by atoms with Crippen LogP contribution in [-0.2, 0) is 9.59 Å². The molecule has 0 radical (unpaired) electrons. The van der Waals surface area contributed by atoms with Gasteiger partial charge in [0.05, 0.1) is 11.4 Å². The van der Waals surface area contributed by atoms with E-state index in [1.807, 2.05) is 0 Å². The first-order chi connectivity index (χ1) is 10.5. The highest BCUT2D eigenvalue weighted by Crippen LogP contribution is 2.32. The second kappa shape index (κ2) is 7.60. The largest absolute Gasteiger partial charge is 0.354 e. The molecule has 1 heterocycles. The fourth-order valence-corrected chi connectivity index (χ4v) is 3.33. The van der Waals surface area contributed by atoms with Gasteiger partial charge in [-0.3, -0.25) is 14.9 Å². The molecule has 0 saturated carbocycles. The molecule has 22 heavy (non-hydrogen) atoms. The van der Waals surface area contributed by atoms with E-state index in [0.717, 1.165) is 5.56 Å². The molecular weight excluding hydrogens is 305 g/mol. The van der Waals surface area contributed by atoms with Gasteiger partial charge in [-0.2, -0.15) is 0 Å². The van der Waals surface area contributed by atoms with Gasteiger partial charge in [-0.05, 0) is 17.7 Å². The molecule has 2 N–H and O–H groups in total. The number of carbonyl (C=O) groups excluding carboxylic acids is 2. The van der Waals surface area contributed by atoms with Crippen LogP contribution in [0.1, 0.15) is 17.4 Å². The molecular formula is C15H20FN3O2S. The van der Waals surface area contributed by atoms with Gasteiger partial charge < -0.3 is 10.2 Å². The summed E-state index contributed by atoms with van der Waals surface area (Å²) in [6.45, 7) is 0.333. The molecule has 1 fully saturated rings. The smallest absolute Gasteiger partial charge is 0.238 e. The maximum Gasteiger partial charge on any atom is 0.238 e. The van der Waals surface area contributed by atoms with E-state index in [9.17, 15) is 14.0 Å². The molecule has 1 saturated heterocycles. The van der Waals surface area contributed by atoms with Gasteiger partial charge in [0.15, 0.2) is 0 Å². The van der Waals surface area contributed by atoms with Gasteiger partial charge in [-0.25, -0.2) is 4.39 Å². The quantitative estimate of drug-likeness (QED) is 0.852. The summed E-state index contributed by atoms with van der Waals surface area (Å²) < 4.78 is 12.9. The van der Waals surface area contributed by atoms with E-state index in [1.165, 1.54) is 17.0 Å². The first-order valence-corrected chi connectivity index (χ1v) is 8.13. The number of amides is 2. The van der Waals surface area contributed by atoms with Crippen LogP contribution in [0.2, 0.25) is 0 Å². The molecule has 5 nitrogen and oxygen atoms in total. The zero-order valence-corrected chi connectivity index (χ0v) is 13.5. The SMILES string of the molecule is CN(C)C(=O)CCNC(=O)C1CSC(c2ccc(F)cc2)N1. The fourth-order valence-electron chi connectivity index (χ4n) is 2.09. The van der Waals surface area contributed by atoms with E-state index >= 15 is 0 Å². The Morgan fingerprint density at radius 2 is 2.05 bits per heavy atom. The van der Waals surface area contributed by atoms with Crippen molar-refractivity contribution in [3.8, 4) is 0 Å². The van der Waals surface area contributed by atoms with Crippen molar-refractivity contribution in [1.82, 2.24) is 15.5 Å². The van der Waals surface area contributed by atoms with Crippen molar-refractivity contribution in [2.75, 3.05) is 26.4 Å². The third kappa shape index (κ3) is 4.45. The van der Waals surface area contributed by atoms with Gasteiger partial charge >= 0.3 is 0 Å². The van der Waals surface area contributed by atoms with Crippen LogP contribution in [0.15, 0.2) is 24.3 Å².